The molecular formula is C17H18F3N. The number of alkyl halides is 3. The molecule has 0 aromatic heterocycles. The standard InChI is InChI=1S/C17H18F3N/c18-17(19,20)16-10-8-15(9-11-16)14-6-4-13(5-7-14)3-1-2-12-21/h4-11H,1-3,12,21H2. The van der Waals surface area contributed by atoms with E-state index < -0.39 is 11.7 Å². The summed E-state index contributed by atoms with van der Waals surface area (Å²) in [6.07, 6.45) is -1.26. The van der Waals surface area contributed by atoms with Gasteiger partial charge in [-0.3, -0.25) is 0 Å². The summed E-state index contributed by atoms with van der Waals surface area (Å²) in [5.41, 5.74) is 7.77. The lowest BCUT2D eigenvalue weighted by Crippen LogP contribution is -2.03. The topological polar surface area (TPSA) is 26.0 Å². The second-order valence-corrected chi connectivity index (χ2v) is 5.02. The van der Waals surface area contributed by atoms with Crippen LogP contribution in [0.5, 0.6) is 0 Å². The van der Waals surface area contributed by atoms with Crippen LogP contribution in [0.3, 0.4) is 0 Å². The zero-order chi connectivity index (χ0) is 15.3. The van der Waals surface area contributed by atoms with Crippen LogP contribution < -0.4 is 5.73 Å². The molecule has 0 aliphatic carbocycles. The van der Waals surface area contributed by atoms with Gasteiger partial charge in [0.2, 0.25) is 0 Å². The first-order valence-corrected chi connectivity index (χ1v) is 6.97. The highest BCUT2D eigenvalue weighted by Crippen LogP contribution is 2.31. The molecule has 112 valence electrons. The fraction of sp³-hybridized carbons (Fsp3) is 0.294. The molecule has 0 saturated carbocycles. The lowest BCUT2D eigenvalue weighted by atomic mass is 10.0. The molecule has 0 fully saturated rings. The fourth-order valence-electron chi connectivity index (χ4n) is 2.19. The zero-order valence-corrected chi connectivity index (χ0v) is 11.7. The summed E-state index contributed by atoms with van der Waals surface area (Å²) in [5, 5.41) is 0. The third-order valence-electron chi connectivity index (χ3n) is 3.42. The normalized spacial score (nSPS) is 11.6. The lowest BCUT2D eigenvalue weighted by molar-refractivity contribution is -0.137. The number of unbranched alkanes of at least 4 members (excludes halogenated alkanes) is 1. The Morgan fingerprint density at radius 2 is 1.29 bits per heavy atom. The molecule has 0 spiro atoms. The third-order valence-corrected chi connectivity index (χ3v) is 3.42. The first-order chi connectivity index (χ1) is 10.0. The predicted octanol–water partition coefficient (Wildman–Crippen LogP) is 4.65. The second kappa shape index (κ2) is 6.76. The molecule has 1 nitrogen and oxygen atoms in total. The molecular weight excluding hydrogens is 275 g/mol. The van der Waals surface area contributed by atoms with Gasteiger partial charge in [0.1, 0.15) is 0 Å². The van der Waals surface area contributed by atoms with Gasteiger partial charge in [-0.1, -0.05) is 36.4 Å². The van der Waals surface area contributed by atoms with Gasteiger partial charge in [-0.2, -0.15) is 13.2 Å². The summed E-state index contributed by atoms with van der Waals surface area (Å²) in [4.78, 5) is 0. The Morgan fingerprint density at radius 1 is 0.762 bits per heavy atom. The van der Waals surface area contributed by atoms with Gasteiger partial charge in [-0.15, -0.1) is 0 Å². The van der Waals surface area contributed by atoms with Crippen molar-refractivity contribution in [3.05, 3.63) is 59.7 Å². The van der Waals surface area contributed by atoms with Crippen LogP contribution in [0.25, 0.3) is 11.1 Å². The number of hydrogen-bond donors (Lipinski definition) is 1. The number of halogens is 3. The molecule has 0 saturated heterocycles. The van der Waals surface area contributed by atoms with E-state index in [9.17, 15) is 13.2 Å². The number of hydrogen-bond acceptors (Lipinski definition) is 1. The smallest absolute Gasteiger partial charge is 0.330 e. The van der Waals surface area contributed by atoms with Gasteiger partial charge < -0.3 is 5.73 Å². The van der Waals surface area contributed by atoms with Gasteiger partial charge >= 0.3 is 6.18 Å². The van der Waals surface area contributed by atoms with E-state index in [0.29, 0.717) is 6.54 Å². The van der Waals surface area contributed by atoms with Crippen molar-refractivity contribution in [2.75, 3.05) is 6.54 Å². The third kappa shape index (κ3) is 4.33. The van der Waals surface area contributed by atoms with E-state index in [1.165, 1.54) is 17.7 Å². The van der Waals surface area contributed by atoms with E-state index >= 15 is 0 Å². The van der Waals surface area contributed by atoms with Crippen LogP contribution in [0.15, 0.2) is 48.5 Å². The molecule has 0 atom stereocenters. The van der Waals surface area contributed by atoms with E-state index in [0.717, 1.165) is 42.5 Å². The maximum Gasteiger partial charge on any atom is 0.416 e. The summed E-state index contributed by atoms with van der Waals surface area (Å²) >= 11 is 0. The fourth-order valence-corrected chi connectivity index (χ4v) is 2.19. The maximum absolute atomic E-state index is 12.5. The minimum Gasteiger partial charge on any atom is -0.330 e. The van der Waals surface area contributed by atoms with Gasteiger partial charge in [0.15, 0.2) is 0 Å². The monoisotopic (exact) mass is 293 g/mol. The first kappa shape index (κ1) is 15.6. The molecule has 2 aromatic carbocycles. The minimum absolute atomic E-state index is 0.621. The lowest BCUT2D eigenvalue weighted by Gasteiger charge is -2.08. The van der Waals surface area contributed by atoms with Crippen LogP contribution in [0.4, 0.5) is 13.2 Å². The number of benzene rings is 2. The molecule has 21 heavy (non-hydrogen) atoms. The van der Waals surface area contributed by atoms with Crippen molar-refractivity contribution in [1.29, 1.82) is 0 Å². The molecule has 2 aromatic rings. The van der Waals surface area contributed by atoms with Gasteiger partial charge in [0.25, 0.3) is 0 Å². The van der Waals surface area contributed by atoms with Crippen molar-refractivity contribution >= 4 is 0 Å². The number of aryl methyl sites for hydroxylation is 1. The molecule has 0 amide bonds. The Bertz CT molecular complexity index is 556. The SMILES string of the molecule is NCCCCc1ccc(-c2ccc(C(F)(F)F)cc2)cc1. The van der Waals surface area contributed by atoms with E-state index in [-0.39, 0.29) is 0 Å². The highest BCUT2D eigenvalue weighted by molar-refractivity contribution is 5.64. The highest BCUT2D eigenvalue weighted by Gasteiger charge is 2.29. The molecule has 0 aliphatic rings. The second-order valence-electron chi connectivity index (χ2n) is 5.02. The zero-order valence-electron chi connectivity index (χ0n) is 11.7. The molecule has 0 bridgehead atoms. The largest absolute Gasteiger partial charge is 0.416 e. The van der Waals surface area contributed by atoms with Crippen molar-refractivity contribution in [2.45, 2.75) is 25.4 Å². The van der Waals surface area contributed by atoms with Gasteiger partial charge in [-0.05, 0) is 54.6 Å². The molecule has 0 radical (unpaired) electrons. The average Bonchev–Trinajstić information content (AvgIpc) is 2.48. The quantitative estimate of drug-likeness (QED) is 0.798. The summed E-state index contributed by atoms with van der Waals surface area (Å²) in [6, 6.07) is 13.2. The Morgan fingerprint density at radius 3 is 1.76 bits per heavy atom. The van der Waals surface area contributed by atoms with Crippen molar-refractivity contribution in [2.24, 2.45) is 5.73 Å². The van der Waals surface area contributed by atoms with Crippen molar-refractivity contribution < 1.29 is 13.2 Å². The Hall–Kier alpha value is -1.81. The highest BCUT2D eigenvalue weighted by atomic mass is 19.4. The summed E-state index contributed by atoms with van der Waals surface area (Å²) < 4.78 is 37.5. The summed E-state index contributed by atoms with van der Waals surface area (Å²) in [5.74, 6) is 0. The van der Waals surface area contributed by atoms with Crippen LogP contribution in [-0.4, -0.2) is 6.54 Å². The summed E-state index contributed by atoms with van der Waals surface area (Å²) in [7, 11) is 0. The van der Waals surface area contributed by atoms with E-state index in [1.807, 2.05) is 24.3 Å². The molecule has 0 aliphatic heterocycles. The van der Waals surface area contributed by atoms with Crippen LogP contribution >= 0.6 is 0 Å². The van der Waals surface area contributed by atoms with E-state index in [1.54, 1.807) is 0 Å². The minimum atomic E-state index is -4.29. The Labute approximate surface area is 122 Å². The Balaban J connectivity index is 2.08. The molecule has 2 rings (SSSR count). The van der Waals surface area contributed by atoms with Crippen molar-refractivity contribution in [3.8, 4) is 11.1 Å². The number of nitrogens with two attached hydrogens (primary N) is 1. The summed E-state index contributed by atoms with van der Waals surface area (Å²) in [6.45, 7) is 0.698. The van der Waals surface area contributed by atoms with Crippen LogP contribution in [-0.2, 0) is 12.6 Å². The van der Waals surface area contributed by atoms with Gasteiger partial charge in [0.05, 0.1) is 5.56 Å². The van der Waals surface area contributed by atoms with Gasteiger partial charge in [0, 0.05) is 0 Å². The van der Waals surface area contributed by atoms with Crippen LogP contribution in [0.2, 0.25) is 0 Å². The number of rotatable bonds is 5. The van der Waals surface area contributed by atoms with Crippen molar-refractivity contribution in [1.82, 2.24) is 0 Å². The molecule has 0 heterocycles. The average molecular weight is 293 g/mol. The van der Waals surface area contributed by atoms with Crippen molar-refractivity contribution in [3.63, 3.8) is 0 Å². The van der Waals surface area contributed by atoms with Gasteiger partial charge in [-0.25, -0.2) is 0 Å². The first-order valence-electron chi connectivity index (χ1n) is 6.97. The van der Waals surface area contributed by atoms with E-state index in [2.05, 4.69) is 0 Å². The molecule has 2 N–H and O–H groups in total. The maximum atomic E-state index is 12.5. The molecule has 4 heteroatoms. The molecule has 0 unspecified atom stereocenters. The Kier molecular flexibility index (Phi) is 5.02. The van der Waals surface area contributed by atoms with Crippen LogP contribution in [0.1, 0.15) is 24.0 Å². The van der Waals surface area contributed by atoms with E-state index in [4.69, 9.17) is 5.73 Å². The van der Waals surface area contributed by atoms with Crippen LogP contribution in [0, 0.1) is 0 Å². The predicted molar refractivity (Wildman–Crippen MR) is 78.9 cm³/mol.